The molecule has 1 N–H and O–H groups in total. The molecule has 1 aromatic rings. The van der Waals surface area contributed by atoms with E-state index in [1.165, 1.54) is 18.2 Å². The molecule has 0 amide bonds. The number of carbonyl (C=O) groups is 1. The maximum Gasteiger partial charge on any atom is 0.338 e. The highest BCUT2D eigenvalue weighted by atomic mass is 79.9. The van der Waals surface area contributed by atoms with E-state index in [0.717, 1.165) is 0 Å². The van der Waals surface area contributed by atoms with E-state index >= 15 is 0 Å². The molecule has 8 heteroatoms. The Kier molecular flexibility index (Phi) is 6.78. The molecule has 0 spiro atoms. The number of rotatable bonds is 7. The number of halogens is 2. The van der Waals surface area contributed by atoms with Crippen LogP contribution < -0.4 is 4.72 Å². The van der Waals surface area contributed by atoms with Crippen LogP contribution in [-0.2, 0) is 14.8 Å². The Morgan fingerprint density at radius 3 is 2.70 bits per heavy atom. The molecule has 0 heterocycles. The lowest BCUT2D eigenvalue weighted by Crippen LogP contribution is -2.17. The van der Waals surface area contributed by atoms with Gasteiger partial charge in [0.1, 0.15) is 0 Å². The average Bonchev–Trinajstić information content (AvgIpc) is 2.39. The Morgan fingerprint density at radius 2 is 2.15 bits per heavy atom. The molecular formula is C12H15BrClNO4S. The number of ether oxygens (including phenoxy) is 1. The summed E-state index contributed by atoms with van der Waals surface area (Å²) in [6.45, 7) is 2.00. The fourth-order valence-corrected chi connectivity index (χ4v) is 3.44. The van der Waals surface area contributed by atoms with E-state index in [-0.39, 0.29) is 18.2 Å². The molecule has 0 aliphatic rings. The zero-order chi connectivity index (χ0) is 15.2. The number of alkyl halides is 1. The normalized spacial score (nSPS) is 11.2. The lowest BCUT2D eigenvalue weighted by atomic mass is 10.2. The summed E-state index contributed by atoms with van der Waals surface area (Å²) >= 11 is 8.70. The van der Waals surface area contributed by atoms with E-state index in [1.807, 2.05) is 0 Å². The van der Waals surface area contributed by atoms with Gasteiger partial charge in [-0.05, 0) is 47.5 Å². The second-order valence-corrected chi connectivity index (χ2v) is 6.95. The summed E-state index contributed by atoms with van der Waals surface area (Å²) in [5.41, 5.74) is 0.718. The minimum Gasteiger partial charge on any atom is -0.462 e. The number of hydrogen-bond acceptors (Lipinski definition) is 4. The molecule has 112 valence electrons. The minimum absolute atomic E-state index is 0.0530. The van der Waals surface area contributed by atoms with Gasteiger partial charge in [0.2, 0.25) is 10.0 Å². The van der Waals surface area contributed by atoms with Gasteiger partial charge in [-0.25, -0.2) is 13.2 Å². The zero-order valence-corrected chi connectivity index (χ0v) is 14.0. The SMILES string of the molecule is CCOC(=O)c1ccc(NS(=O)(=O)CCCCl)c(Br)c1. The summed E-state index contributed by atoms with van der Waals surface area (Å²) in [6.07, 6.45) is 0.370. The summed E-state index contributed by atoms with van der Waals surface area (Å²) in [5.74, 6) is -0.225. The van der Waals surface area contributed by atoms with E-state index in [4.69, 9.17) is 16.3 Å². The van der Waals surface area contributed by atoms with E-state index in [1.54, 1.807) is 6.92 Å². The van der Waals surface area contributed by atoms with Crippen molar-refractivity contribution in [2.75, 3.05) is 23.0 Å². The van der Waals surface area contributed by atoms with E-state index < -0.39 is 16.0 Å². The number of benzene rings is 1. The van der Waals surface area contributed by atoms with Gasteiger partial charge in [0.25, 0.3) is 0 Å². The molecule has 0 unspecified atom stereocenters. The standard InChI is InChI=1S/C12H15BrClNO4S/c1-2-19-12(16)9-4-5-11(10(13)8-9)15-20(17,18)7-3-6-14/h4-5,8,15H,2-3,6-7H2,1H3. The number of anilines is 1. The van der Waals surface area contributed by atoms with Crippen molar-refractivity contribution in [2.24, 2.45) is 0 Å². The molecule has 0 bridgehead atoms. The second-order valence-electron chi connectivity index (χ2n) is 3.88. The van der Waals surface area contributed by atoms with Gasteiger partial charge in [0, 0.05) is 10.4 Å². The first-order valence-electron chi connectivity index (χ1n) is 5.92. The first-order valence-corrected chi connectivity index (χ1v) is 8.90. The summed E-state index contributed by atoms with van der Waals surface area (Å²) in [5, 5.41) is 0. The first-order chi connectivity index (χ1) is 9.39. The Balaban J connectivity index is 2.86. The molecule has 1 aromatic carbocycles. The van der Waals surface area contributed by atoms with Crippen molar-refractivity contribution in [1.82, 2.24) is 0 Å². The van der Waals surface area contributed by atoms with Crippen LogP contribution in [0.25, 0.3) is 0 Å². The highest BCUT2D eigenvalue weighted by Crippen LogP contribution is 2.25. The van der Waals surface area contributed by atoms with Crippen LogP contribution in [0.3, 0.4) is 0 Å². The van der Waals surface area contributed by atoms with E-state index in [0.29, 0.717) is 22.1 Å². The summed E-state index contributed by atoms with van der Waals surface area (Å²) < 4.78 is 31.3. The molecule has 0 aromatic heterocycles. The highest BCUT2D eigenvalue weighted by Gasteiger charge is 2.14. The molecule has 1 rings (SSSR count). The largest absolute Gasteiger partial charge is 0.462 e. The van der Waals surface area contributed by atoms with Crippen molar-refractivity contribution in [2.45, 2.75) is 13.3 Å². The summed E-state index contributed by atoms with van der Waals surface area (Å²) in [7, 11) is -3.44. The van der Waals surface area contributed by atoms with Crippen LogP contribution in [0.4, 0.5) is 5.69 Å². The van der Waals surface area contributed by atoms with E-state index in [9.17, 15) is 13.2 Å². The topological polar surface area (TPSA) is 72.5 Å². The van der Waals surface area contributed by atoms with Crippen LogP contribution in [0.2, 0.25) is 0 Å². The van der Waals surface area contributed by atoms with Gasteiger partial charge in [-0.2, -0.15) is 0 Å². The van der Waals surface area contributed by atoms with Gasteiger partial charge in [-0.3, -0.25) is 4.72 Å². The molecule has 0 aliphatic heterocycles. The third kappa shape index (κ3) is 5.30. The Labute approximate surface area is 131 Å². The van der Waals surface area contributed by atoms with Crippen LogP contribution in [0.15, 0.2) is 22.7 Å². The fourth-order valence-electron chi connectivity index (χ4n) is 1.40. The Hall–Kier alpha value is -0.790. The van der Waals surface area contributed by atoms with Crippen LogP contribution in [0.1, 0.15) is 23.7 Å². The predicted octanol–water partition coefficient (Wildman–Crippen LogP) is 3.00. The predicted molar refractivity (Wildman–Crippen MR) is 82.8 cm³/mol. The highest BCUT2D eigenvalue weighted by molar-refractivity contribution is 9.10. The third-order valence-electron chi connectivity index (χ3n) is 2.29. The van der Waals surface area contributed by atoms with Crippen LogP contribution in [0, 0.1) is 0 Å². The number of sulfonamides is 1. The van der Waals surface area contributed by atoms with Crippen molar-refractivity contribution in [3.05, 3.63) is 28.2 Å². The number of carbonyl (C=O) groups excluding carboxylic acids is 1. The van der Waals surface area contributed by atoms with Gasteiger partial charge in [-0.1, -0.05) is 0 Å². The second kappa shape index (κ2) is 7.85. The Bertz CT molecular complexity index is 577. The molecular weight excluding hydrogens is 370 g/mol. The van der Waals surface area contributed by atoms with Gasteiger partial charge in [-0.15, -0.1) is 11.6 Å². The molecule has 0 saturated heterocycles. The van der Waals surface area contributed by atoms with Gasteiger partial charge in [0.05, 0.1) is 23.6 Å². The number of esters is 1. The molecule has 0 saturated carbocycles. The van der Waals surface area contributed by atoms with Crippen molar-refractivity contribution in [3.8, 4) is 0 Å². The smallest absolute Gasteiger partial charge is 0.338 e. The van der Waals surface area contributed by atoms with Crippen molar-refractivity contribution in [3.63, 3.8) is 0 Å². The average molecular weight is 385 g/mol. The molecule has 5 nitrogen and oxygen atoms in total. The zero-order valence-electron chi connectivity index (χ0n) is 10.9. The molecule has 0 radical (unpaired) electrons. The van der Waals surface area contributed by atoms with Crippen LogP contribution in [0.5, 0.6) is 0 Å². The van der Waals surface area contributed by atoms with Gasteiger partial charge in [0.15, 0.2) is 0 Å². The van der Waals surface area contributed by atoms with Gasteiger partial charge < -0.3 is 4.74 Å². The number of nitrogens with one attached hydrogen (secondary N) is 1. The summed E-state index contributed by atoms with van der Waals surface area (Å²) in [6, 6.07) is 4.52. The quantitative estimate of drug-likeness (QED) is 0.579. The molecule has 20 heavy (non-hydrogen) atoms. The van der Waals surface area contributed by atoms with Crippen molar-refractivity contribution < 1.29 is 17.9 Å². The lowest BCUT2D eigenvalue weighted by molar-refractivity contribution is 0.0526. The van der Waals surface area contributed by atoms with Crippen molar-refractivity contribution >= 4 is 49.2 Å². The molecule has 0 aliphatic carbocycles. The lowest BCUT2D eigenvalue weighted by Gasteiger charge is -2.10. The maximum atomic E-state index is 11.8. The maximum absolute atomic E-state index is 11.8. The third-order valence-corrected chi connectivity index (χ3v) is 4.57. The molecule has 0 atom stereocenters. The molecule has 0 fully saturated rings. The Morgan fingerprint density at radius 1 is 1.45 bits per heavy atom. The van der Waals surface area contributed by atoms with Crippen LogP contribution >= 0.6 is 27.5 Å². The minimum atomic E-state index is -3.44. The van der Waals surface area contributed by atoms with Crippen LogP contribution in [-0.4, -0.2) is 32.6 Å². The number of hydrogen-bond donors (Lipinski definition) is 1. The van der Waals surface area contributed by atoms with Crippen molar-refractivity contribution in [1.29, 1.82) is 0 Å². The van der Waals surface area contributed by atoms with E-state index in [2.05, 4.69) is 20.7 Å². The first kappa shape index (κ1) is 17.3. The summed E-state index contributed by atoms with van der Waals surface area (Å²) in [4.78, 5) is 11.5. The fraction of sp³-hybridized carbons (Fsp3) is 0.417. The monoisotopic (exact) mass is 383 g/mol. The van der Waals surface area contributed by atoms with Gasteiger partial charge >= 0.3 is 5.97 Å².